The quantitative estimate of drug-likeness (QED) is 0.656. The Hall–Kier alpha value is -3.35. The van der Waals surface area contributed by atoms with E-state index in [1.165, 1.54) is 0 Å². The molecule has 1 fully saturated rings. The second-order valence-corrected chi connectivity index (χ2v) is 6.19. The van der Waals surface area contributed by atoms with Gasteiger partial charge < -0.3 is 15.4 Å². The molecule has 0 atom stereocenters. The lowest BCUT2D eigenvalue weighted by Gasteiger charge is -2.17. The van der Waals surface area contributed by atoms with Crippen LogP contribution < -0.4 is 20.3 Å². The van der Waals surface area contributed by atoms with Gasteiger partial charge in [0.1, 0.15) is 5.75 Å². The second kappa shape index (κ2) is 6.51. The lowest BCUT2D eigenvalue weighted by atomic mass is 10.0. The van der Waals surface area contributed by atoms with Gasteiger partial charge in [-0.1, -0.05) is 0 Å². The number of hydrogen-bond acceptors (Lipinski definition) is 4. The SMILES string of the molecule is O=C1CCc2cc(OC(=O)c3ccc(N4CCNC4=O)cc3)ccc2N1. The minimum atomic E-state index is -0.470. The van der Waals surface area contributed by atoms with Gasteiger partial charge in [0.05, 0.1) is 5.56 Å². The summed E-state index contributed by atoms with van der Waals surface area (Å²) in [5, 5.41) is 5.53. The van der Waals surface area contributed by atoms with Crippen LogP contribution in [0.25, 0.3) is 0 Å². The standard InChI is InChI=1S/C19H17N3O4/c23-17-8-3-13-11-15(6-7-16(13)21-17)26-18(24)12-1-4-14(5-2-12)22-10-9-20-19(22)25/h1-2,4-7,11H,3,8-10H2,(H,20,25)(H,21,23). The molecule has 4 rings (SSSR count). The summed E-state index contributed by atoms with van der Waals surface area (Å²) in [5.41, 5.74) is 2.85. The number of fused-ring (bicyclic) bond motifs is 1. The van der Waals surface area contributed by atoms with Gasteiger partial charge in [0.15, 0.2) is 0 Å². The Balaban J connectivity index is 1.46. The third-order valence-corrected chi connectivity index (χ3v) is 4.45. The van der Waals surface area contributed by atoms with Gasteiger partial charge in [0, 0.05) is 30.9 Å². The molecule has 132 valence electrons. The maximum Gasteiger partial charge on any atom is 0.343 e. The maximum absolute atomic E-state index is 12.3. The van der Waals surface area contributed by atoms with Crippen LogP contribution in [0.2, 0.25) is 0 Å². The Labute approximate surface area is 149 Å². The number of nitrogens with one attached hydrogen (secondary N) is 2. The topological polar surface area (TPSA) is 87.7 Å². The van der Waals surface area contributed by atoms with Crippen molar-refractivity contribution >= 4 is 29.3 Å². The average molecular weight is 351 g/mol. The van der Waals surface area contributed by atoms with Crippen LogP contribution in [-0.2, 0) is 11.2 Å². The van der Waals surface area contributed by atoms with Crippen LogP contribution in [-0.4, -0.2) is 31.0 Å². The molecule has 2 aliphatic heterocycles. The Morgan fingerprint density at radius 2 is 1.85 bits per heavy atom. The van der Waals surface area contributed by atoms with Gasteiger partial charge in [-0.05, 0) is 54.4 Å². The number of carbonyl (C=O) groups is 3. The molecule has 1 saturated heterocycles. The summed E-state index contributed by atoms with van der Waals surface area (Å²) in [6, 6.07) is 11.8. The van der Waals surface area contributed by atoms with Gasteiger partial charge in [-0.25, -0.2) is 9.59 Å². The lowest BCUT2D eigenvalue weighted by Crippen LogP contribution is -2.27. The molecule has 0 radical (unpaired) electrons. The second-order valence-electron chi connectivity index (χ2n) is 6.19. The summed E-state index contributed by atoms with van der Waals surface area (Å²) in [6.45, 7) is 1.22. The third kappa shape index (κ3) is 3.11. The van der Waals surface area contributed by atoms with E-state index in [0.717, 1.165) is 16.9 Å². The first-order valence-electron chi connectivity index (χ1n) is 8.40. The summed E-state index contributed by atoms with van der Waals surface area (Å²) >= 11 is 0. The molecular weight excluding hydrogens is 334 g/mol. The molecule has 3 amide bonds. The minimum Gasteiger partial charge on any atom is -0.423 e. The van der Waals surface area contributed by atoms with Crippen molar-refractivity contribution in [1.29, 1.82) is 0 Å². The molecule has 0 spiro atoms. The van der Waals surface area contributed by atoms with Crippen LogP contribution in [0, 0.1) is 0 Å². The monoisotopic (exact) mass is 351 g/mol. The number of rotatable bonds is 3. The largest absolute Gasteiger partial charge is 0.423 e. The van der Waals surface area contributed by atoms with Gasteiger partial charge in [0.25, 0.3) is 0 Å². The highest BCUT2D eigenvalue weighted by atomic mass is 16.5. The van der Waals surface area contributed by atoms with Gasteiger partial charge in [-0.2, -0.15) is 0 Å². The summed E-state index contributed by atoms with van der Waals surface area (Å²) in [7, 11) is 0. The molecule has 0 bridgehead atoms. The van der Waals surface area contributed by atoms with Crippen molar-refractivity contribution in [3.8, 4) is 5.75 Å². The van der Waals surface area contributed by atoms with Crippen molar-refractivity contribution in [3.05, 3.63) is 53.6 Å². The van der Waals surface area contributed by atoms with E-state index in [4.69, 9.17) is 4.74 Å². The molecule has 2 aromatic carbocycles. The first kappa shape index (κ1) is 16.1. The van der Waals surface area contributed by atoms with Crippen molar-refractivity contribution in [2.24, 2.45) is 0 Å². The lowest BCUT2D eigenvalue weighted by molar-refractivity contribution is -0.116. The molecule has 2 N–H and O–H groups in total. The summed E-state index contributed by atoms with van der Waals surface area (Å²) in [5.74, 6) is -0.0378. The highest BCUT2D eigenvalue weighted by Gasteiger charge is 2.21. The zero-order chi connectivity index (χ0) is 18.1. The zero-order valence-electron chi connectivity index (χ0n) is 14.0. The van der Waals surface area contributed by atoms with E-state index in [-0.39, 0.29) is 11.9 Å². The van der Waals surface area contributed by atoms with Crippen LogP contribution in [0.4, 0.5) is 16.2 Å². The first-order chi connectivity index (χ1) is 12.6. The van der Waals surface area contributed by atoms with Gasteiger partial charge in [0.2, 0.25) is 5.91 Å². The zero-order valence-corrected chi connectivity index (χ0v) is 14.0. The van der Waals surface area contributed by atoms with Gasteiger partial charge in [-0.3, -0.25) is 9.69 Å². The Kier molecular flexibility index (Phi) is 4.04. The van der Waals surface area contributed by atoms with Crippen LogP contribution >= 0.6 is 0 Å². The molecule has 26 heavy (non-hydrogen) atoms. The minimum absolute atomic E-state index is 0.00554. The number of ether oxygens (including phenoxy) is 1. The van der Waals surface area contributed by atoms with Crippen LogP contribution in [0.3, 0.4) is 0 Å². The fourth-order valence-electron chi connectivity index (χ4n) is 3.08. The van der Waals surface area contributed by atoms with E-state index in [1.807, 2.05) is 0 Å². The summed E-state index contributed by atoms with van der Waals surface area (Å²) < 4.78 is 5.44. The Morgan fingerprint density at radius 3 is 2.58 bits per heavy atom. The number of carbonyl (C=O) groups excluding carboxylic acids is 3. The summed E-state index contributed by atoms with van der Waals surface area (Å²) in [4.78, 5) is 37.0. The number of anilines is 2. The molecule has 0 aromatic heterocycles. The number of esters is 1. The van der Waals surface area contributed by atoms with Crippen LogP contribution in [0.15, 0.2) is 42.5 Å². The van der Waals surface area contributed by atoms with Gasteiger partial charge >= 0.3 is 12.0 Å². The highest BCUT2D eigenvalue weighted by Crippen LogP contribution is 2.27. The van der Waals surface area contributed by atoms with E-state index in [0.29, 0.717) is 37.2 Å². The molecule has 0 saturated carbocycles. The van der Waals surface area contributed by atoms with Crippen LogP contribution in [0.5, 0.6) is 5.75 Å². The molecule has 2 aromatic rings. The molecule has 0 unspecified atom stereocenters. The fraction of sp³-hybridized carbons (Fsp3) is 0.211. The molecule has 0 aliphatic carbocycles. The van der Waals surface area contributed by atoms with Crippen LogP contribution in [0.1, 0.15) is 22.3 Å². The highest BCUT2D eigenvalue weighted by molar-refractivity contribution is 5.96. The number of aryl methyl sites for hydroxylation is 1. The van der Waals surface area contributed by atoms with Crippen molar-refractivity contribution in [3.63, 3.8) is 0 Å². The molecule has 2 heterocycles. The smallest absolute Gasteiger partial charge is 0.343 e. The summed E-state index contributed by atoms with van der Waals surface area (Å²) in [6.07, 6.45) is 1.05. The van der Waals surface area contributed by atoms with E-state index < -0.39 is 5.97 Å². The average Bonchev–Trinajstić information content (AvgIpc) is 3.08. The number of amides is 3. The van der Waals surface area contributed by atoms with Gasteiger partial charge in [-0.15, -0.1) is 0 Å². The van der Waals surface area contributed by atoms with E-state index in [9.17, 15) is 14.4 Å². The maximum atomic E-state index is 12.3. The fourth-order valence-corrected chi connectivity index (χ4v) is 3.08. The first-order valence-corrected chi connectivity index (χ1v) is 8.40. The van der Waals surface area contributed by atoms with E-state index >= 15 is 0 Å². The number of urea groups is 1. The predicted octanol–water partition coefficient (Wildman–Crippen LogP) is 2.32. The Morgan fingerprint density at radius 1 is 1.04 bits per heavy atom. The van der Waals surface area contributed by atoms with E-state index in [2.05, 4.69) is 10.6 Å². The Bertz CT molecular complexity index is 892. The molecule has 7 nitrogen and oxygen atoms in total. The van der Waals surface area contributed by atoms with Crippen molar-refractivity contribution < 1.29 is 19.1 Å². The normalized spacial score (nSPS) is 15.9. The molecular formula is C19H17N3O4. The van der Waals surface area contributed by atoms with Crippen molar-refractivity contribution in [2.75, 3.05) is 23.3 Å². The predicted molar refractivity (Wildman–Crippen MR) is 95.5 cm³/mol. The van der Waals surface area contributed by atoms with E-state index in [1.54, 1.807) is 47.4 Å². The number of hydrogen-bond donors (Lipinski definition) is 2. The third-order valence-electron chi connectivity index (χ3n) is 4.45. The molecule has 2 aliphatic rings. The van der Waals surface area contributed by atoms with Crippen molar-refractivity contribution in [1.82, 2.24) is 5.32 Å². The number of benzene rings is 2. The molecule has 7 heteroatoms. The van der Waals surface area contributed by atoms with Crippen molar-refractivity contribution in [2.45, 2.75) is 12.8 Å². The number of nitrogens with zero attached hydrogens (tertiary/aromatic N) is 1.